The third kappa shape index (κ3) is 4.15. The Balaban J connectivity index is 0.00000225. The minimum atomic E-state index is -0.154. The Bertz CT molecular complexity index is 651. The molecule has 138 valence electrons. The minimum absolute atomic E-state index is 0. The topological polar surface area (TPSA) is 60.2 Å². The van der Waals surface area contributed by atoms with Crippen molar-refractivity contribution in [3.05, 3.63) is 41.5 Å². The molecule has 0 saturated heterocycles. The molecular weight excluding hydrogens is 338 g/mol. The van der Waals surface area contributed by atoms with Crippen molar-refractivity contribution in [1.29, 1.82) is 0 Å². The Morgan fingerprint density at radius 3 is 2.48 bits per heavy atom. The average molecular weight is 366 g/mol. The molecule has 1 aromatic heterocycles. The number of benzene rings is 1. The summed E-state index contributed by atoms with van der Waals surface area (Å²) in [5.41, 5.74) is 1.10. The molecular formula is C19H28ClN3O2. The number of nitrogens with one attached hydrogen (secondary N) is 1. The fourth-order valence-electron chi connectivity index (χ4n) is 3.60. The number of halogens is 1. The van der Waals surface area contributed by atoms with E-state index in [1.165, 1.54) is 24.8 Å². The summed E-state index contributed by atoms with van der Waals surface area (Å²) >= 11 is 0. The van der Waals surface area contributed by atoms with Crippen LogP contribution < -0.4 is 10.1 Å². The van der Waals surface area contributed by atoms with Crippen LogP contribution in [0.2, 0.25) is 0 Å². The van der Waals surface area contributed by atoms with Gasteiger partial charge in [0.1, 0.15) is 5.75 Å². The van der Waals surface area contributed by atoms with Gasteiger partial charge in [-0.3, -0.25) is 0 Å². The summed E-state index contributed by atoms with van der Waals surface area (Å²) < 4.78 is 11.0. The zero-order valence-electron chi connectivity index (χ0n) is 15.2. The molecule has 3 rings (SSSR count). The molecule has 1 aromatic carbocycles. The lowest BCUT2D eigenvalue weighted by Crippen LogP contribution is -2.31. The van der Waals surface area contributed by atoms with Gasteiger partial charge in [0.25, 0.3) is 0 Å². The average Bonchev–Trinajstić information content (AvgIpc) is 3.11. The van der Waals surface area contributed by atoms with Crippen molar-refractivity contribution in [3.8, 4) is 5.75 Å². The molecule has 1 unspecified atom stereocenters. The predicted octanol–water partition coefficient (Wildman–Crippen LogP) is 3.90. The lowest BCUT2D eigenvalue weighted by atomic mass is 9.69. The molecule has 1 atom stereocenters. The molecule has 1 aliphatic rings. The summed E-state index contributed by atoms with van der Waals surface area (Å²) in [7, 11) is 3.64. The number of aromatic nitrogens is 2. The molecule has 0 spiro atoms. The second-order valence-corrected chi connectivity index (χ2v) is 6.78. The van der Waals surface area contributed by atoms with E-state index in [0.29, 0.717) is 6.04 Å². The molecule has 1 aliphatic carbocycles. The van der Waals surface area contributed by atoms with Gasteiger partial charge in [-0.2, -0.15) is 4.98 Å². The van der Waals surface area contributed by atoms with Crippen LogP contribution in [0.25, 0.3) is 0 Å². The first-order chi connectivity index (χ1) is 11.7. The molecule has 1 N–H and O–H groups in total. The maximum Gasteiger partial charge on any atom is 0.237 e. The number of likely N-dealkylation sites (N-methyl/N-ethyl adjacent to an activating group) is 1. The lowest BCUT2D eigenvalue weighted by molar-refractivity contribution is 0.250. The highest BCUT2D eigenvalue weighted by atomic mass is 35.5. The normalized spacial score (nSPS) is 17.6. The first kappa shape index (κ1) is 19.7. The van der Waals surface area contributed by atoms with Crippen LogP contribution in [0.3, 0.4) is 0 Å². The van der Waals surface area contributed by atoms with Crippen molar-refractivity contribution < 1.29 is 9.26 Å². The highest BCUT2D eigenvalue weighted by molar-refractivity contribution is 5.85. The smallest absolute Gasteiger partial charge is 0.237 e. The maximum absolute atomic E-state index is 5.74. The Morgan fingerprint density at radius 2 is 1.88 bits per heavy atom. The van der Waals surface area contributed by atoms with Gasteiger partial charge in [0.2, 0.25) is 5.89 Å². The molecule has 6 heteroatoms. The van der Waals surface area contributed by atoms with Gasteiger partial charge in [0.15, 0.2) is 5.82 Å². The number of nitrogens with zero attached hydrogens (tertiary/aromatic N) is 2. The van der Waals surface area contributed by atoms with Crippen LogP contribution in [-0.2, 0) is 11.8 Å². The van der Waals surface area contributed by atoms with E-state index >= 15 is 0 Å². The van der Waals surface area contributed by atoms with Crippen LogP contribution >= 0.6 is 12.4 Å². The monoisotopic (exact) mass is 365 g/mol. The van der Waals surface area contributed by atoms with E-state index in [4.69, 9.17) is 14.2 Å². The van der Waals surface area contributed by atoms with E-state index in [9.17, 15) is 0 Å². The van der Waals surface area contributed by atoms with Gasteiger partial charge in [-0.25, -0.2) is 0 Å². The number of rotatable bonds is 6. The SMILES string of the molecule is CNC(C)Cc1noc(C2(c3ccc(OC)cc3)CCCCC2)n1.Cl. The number of methoxy groups -OCH3 is 1. The summed E-state index contributed by atoms with van der Waals surface area (Å²) in [6, 6.07) is 8.66. The van der Waals surface area contributed by atoms with Gasteiger partial charge in [0.05, 0.1) is 12.5 Å². The van der Waals surface area contributed by atoms with E-state index < -0.39 is 0 Å². The fourth-order valence-corrected chi connectivity index (χ4v) is 3.60. The molecule has 25 heavy (non-hydrogen) atoms. The standard InChI is InChI=1S/C19H27N3O2.ClH/c1-14(20-2)13-17-21-18(24-22-17)19(11-5-4-6-12-19)15-7-9-16(23-3)10-8-15;/h7-10,14,20H,4-6,11-13H2,1-3H3;1H. The summed E-state index contributed by atoms with van der Waals surface area (Å²) in [6.45, 7) is 2.12. The molecule has 0 bridgehead atoms. The molecule has 1 saturated carbocycles. The van der Waals surface area contributed by atoms with Crippen LogP contribution in [0.5, 0.6) is 5.75 Å². The van der Waals surface area contributed by atoms with Crippen molar-refractivity contribution in [1.82, 2.24) is 15.5 Å². The van der Waals surface area contributed by atoms with Gasteiger partial charge in [-0.1, -0.05) is 36.6 Å². The van der Waals surface area contributed by atoms with Crippen molar-refractivity contribution in [2.45, 2.75) is 56.9 Å². The molecule has 1 heterocycles. The first-order valence-corrected chi connectivity index (χ1v) is 8.83. The second kappa shape index (κ2) is 8.68. The van der Waals surface area contributed by atoms with Gasteiger partial charge < -0.3 is 14.6 Å². The quantitative estimate of drug-likeness (QED) is 0.841. The largest absolute Gasteiger partial charge is 0.497 e. The van der Waals surface area contributed by atoms with Crippen molar-refractivity contribution >= 4 is 12.4 Å². The molecule has 1 fully saturated rings. The Kier molecular flexibility index (Phi) is 6.85. The number of ether oxygens (including phenoxy) is 1. The zero-order chi connectivity index (χ0) is 17.0. The molecule has 0 radical (unpaired) electrons. The van der Waals surface area contributed by atoms with Crippen molar-refractivity contribution in [2.75, 3.05) is 14.2 Å². The van der Waals surface area contributed by atoms with Gasteiger partial charge in [-0.15, -0.1) is 12.4 Å². The van der Waals surface area contributed by atoms with E-state index in [1.807, 2.05) is 19.2 Å². The highest BCUT2D eigenvalue weighted by Crippen LogP contribution is 2.44. The van der Waals surface area contributed by atoms with Crippen LogP contribution in [-0.4, -0.2) is 30.3 Å². The summed E-state index contributed by atoms with van der Waals surface area (Å²) in [5.74, 6) is 2.43. The van der Waals surface area contributed by atoms with E-state index in [0.717, 1.165) is 36.7 Å². The molecule has 5 nitrogen and oxygen atoms in total. The van der Waals surface area contributed by atoms with E-state index in [-0.39, 0.29) is 17.8 Å². The number of hydrogen-bond donors (Lipinski definition) is 1. The van der Waals surface area contributed by atoms with Crippen LogP contribution in [0.15, 0.2) is 28.8 Å². The maximum atomic E-state index is 5.74. The number of hydrogen-bond acceptors (Lipinski definition) is 5. The van der Waals surface area contributed by atoms with Crippen LogP contribution in [0.4, 0.5) is 0 Å². The highest BCUT2D eigenvalue weighted by Gasteiger charge is 2.41. The Labute approximate surface area is 155 Å². The summed E-state index contributed by atoms with van der Waals surface area (Å²) in [6.07, 6.45) is 6.55. The Hall–Kier alpha value is -1.59. The van der Waals surface area contributed by atoms with E-state index in [1.54, 1.807) is 7.11 Å². The zero-order valence-corrected chi connectivity index (χ0v) is 16.1. The second-order valence-electron chi connectivity index (χ2n) is 6.78. The van der Waals surface area contributed by atoms with Crippen LogP contribution in [0, 0.1) is 0 Å². The lowest BCUT2D eigenvalue weighted by Gasteiger charge is -2.34. The van der Waals surface area contributed by atoms with Gasteiger partial charge >= 0.3 is 0 Å². The van der Waals surface area contributed by atoms with E-state index in [2.05, 4.69) is 29.5 Å². The van der Waals surface area contributed by atoms with Crippen molar-refractivity contribution in [2.24, 2.45) is 0 Å². The van der Waals surface area contributed by atoms with Gasteiger partial charge in [0, 0.05) is 12.5 Å². The third-order valence-electron chi connectivity index (χ3n) is 5.21. The third-order valence-corrected chi connectivity index (χ3v) is 5.21. The summed E-state index contributed by atoms with van der Waals surface area (Å²) in [4.78, 5) is 4.76. The molecule has 0 amide bonds. The first-order valence-electron chi connectivity index (χ1n) is 8.83. The molecule has 2 aromatic rings. The van der Waals surface area contributed by atoms with Crippen LogP contribution in [0.1, 0.15) is 56.3 Å². The predicted molar refractivity (Wildman–Crippen MR) is 101 cm³/mol. The Morgan fingerprint density at radius 1 is 1.20 bits per heavy atom. The fraction of sp³-hybridized carbons (Fsp3) is 0.579. The van der Waals surface area contributed by atoms with Gasteiger partial charge in [-0.05, 0) is 44.5 Å². The minimum Gasteiger partial charge on any atom is -0.497 e. The van der Waals surface area contributed by atoms with Crippen molar-refractivity contribution in [3.63, 3.8) is 0 Å². The summed E-state index contributed by atoms with van der Waals surface area (Å²) in [5, 5.41) is 7.45. The molecule has 0 aliphatic heterocycles.